The van der Waals surface area contributed by atoms with E-state index in [1.165, 1.54) is 11.1 Å². The maximum absolute atomic E-state index is 6.02. The second kappa shape index (κ2) is 8.06. The Kier molecular flexibility index (Phi) is 6.10. The third-order valence-electron chi connectivity index (χ3n) is 3.19. The van der Waals surface area contributed by atoms with Crippen LogP contribution in [0.25, 0.3) is 0 Å². The van der Waals surface area contributed by atoms with Gasteiger partial charge >= 0.3 is 0 Å². The van der Waals surface area contributed by atoms with Gasteiger partial charge in [0.05, 0.1) is 0 Å². The summed E-state index contributed by atoms with van der Waals surface area (Å²) in [7, 11) is 1.90. The molecule has 4 heteroatoms. The number of ether oxygens (including phenoxy) is 2. The van der Waals surface area contributed by atoms with Crippen molar-refractivity contribution in [3.8, 4) is 11.5 Å². The molecule has 0 aromatic heterocycles. The summed E-state index contributed by atoms with van der Waals surface area (Å²) in [4.78, 5) is 0. The predicted octanol–water partition coefficient (Wildman–Crippen LogP) is 4.13. The van der Waals surface area contributed by atoms with Crippen LogP contribution in [0.15, 0.2) is 36.4 Å². The summed E-state index contributed by atoms with van der Waals surface area (Å²) >= 11 is 6.02. The van der Waals surface area contributed by atoms with Crippen molar-refractivity contribution in [3.63, 3.8) is 0 Å². The smallest absolute Gasteiger partial charge is 0.124 e. The maximum atomic E-state index is 6.02. The van der Waals surface area contributed by atoms with Crippen LogP contribution in [0, 0.1) is 13.8 Å². The summed E-state index contributed by atoms with van der Waals surface area (Å²) in [5.74, 6) is 1.72. The van der Waals surface area contributed by atoms with Crippen LogP contribution in [0.4, 0.5) is 0 Å². The molecule has 0 bridgehead atoms. The van der Waals surface area contributed by atoms with Gasteiger partial charge in [-0.2, -0.15) is 0 Å². The van der Waals surface area contributed by atoms with E-state index in [0.29, 0.717) is 24.8 Å². The van der Waals surface area contributed by atoms with Gasteiger partial charge in [-0.3, -0.25) is 0 Å². The Morgan fingerprint density at radius 1 is 0.955 bits per heavy atom. The average molecular weight is 320 g/mol. The zero-order valence-corrected chi connectivity index (χ0v) is 14.0. The second-order valence-corrected chi connectivity index (χ2v) is 5.74. The first kappa shape index (κ1) is 16.7. The molecule has 118 valence electrons. The minimum Gasteiger partial charge on any atom is -0.490 e. The molecule has 0 aliphatic rings. The third-order valence-corrected chi connectivity index (χ3v) is 3.43. The van der Waals surface area contributed by atoms with Gasteiger partial charge in [0.1, 0.15) is 24.7 Å². The maximum Gasteiger partial charge on any atom is 0.124 e. The summed E-state index contributed by atoms with van der Waals surface area (Å²) in [5, 5.41) is 3.82. The fourth-order valence-electron chi connectivity index (χ4n) is 2.34. The molecule has 0 aliphatic carbocycles. The summed E-state index contributed by atoms with van der Waals surface area (Å²) in [6, 6.07) is 11.8. The minimum absolute atomic E-state index is 0.491. The van der Waals surface area contributed by atoms with Crippen LogP contribution >= 0.6 is 11.6 Å². The number of halogens is 1. The van der Waals surface area contributed by atoms with Gasteiger partial charge in [-0.25, -0.2) is 0 Å². The third kappa shape index (κ3) is 4.93. The van der Waals surface area contributed by atoms with Crippen molar-refractivity contribution in [2.75, 3.05) is 20.3 Å². The predicted molar refractivity (Wildman–Crippen MR) is 91.1 cm³/mol. The highest BCUT2D eigenvalue weighted by molar-refractivity contribution is 6.30. The molecule has 22 heavy (non-hydrogen) atoms. The van der Waals surface area contributed by atoms with E-state index < -0.39 is 0 Å². The fourth-order valence-corrected chi connectivity index (χ4v) is 2.54. The summed E-state index contributed by atoms with van der Waals surface area (Å²) < 4.78 is 11.5. The normalized spacial score (nSPS) is 10.5. The molecule has 3 nitrogen and oxygen atoms in total. The monoisotopic (exact) mass is 319 g/mol. The molecule has 0 atom stereocenters. The summed E-state index contributed by atoms with van der Waals surface area (Å²) in [6.07, 6.45) is 0. The van der Waals surface area contributed by atoms with E-state index in [4.69, 9.17) is 21.1 Å². The van der Waals surface area contributed by atoms with Crippen molar-refractivity contribution in [1.29, 1.82) is 0 Å². The number of hydrogen-bond acceptors (Lipinski definition) is 3. The zero-order valence-electron chi connectivity index (χ0n) is 13.3. The lowest BCUT2D eigenvalue weighted by Crippen LogP contribution is -2.12. The van der Waals surface area contributed by atoms with Gasteiger partial charge in [0.15, 0.2) is 0 Å². The van der Waals surface area contributed by atoms with E-state index in [1.54, 1.807) is 0 Å². The molecule has 2 aromatic rings. The van der Waals surface area contributed by atoms with E-state index in [9.17, 15) is 0 Å². The molecule has 0 radical (unpaired) electrons. The van der Waals surface area contributed by atoms with Crippen LogP contribution in [-0.2, 0) is 6.54 Å². The molecule has 2 rings (SSSR count). The largest absolute Gasteiger partial charge is 0.490 e. The lowest BCUT2D eigenvalue weighted by Gasteiger charge is -2.13. The van der Waals surface area contributed by atoms with Gasteiger partial charge in [-0.15, -0.1) is 0 Å². The second-order valence-electron chi connectivity index (χ2n) is 5.30. The van der Waals surface area contributed by atoms with Crippen molar-refractivity contribution in [3.05, 3.63) is 58.1 Å². The minimum atomic E-state index is 0.491. The first-order valence-corrected chi connectivity index (χ1v) is 7.73. The quantitative estimate of drug-likeness (QED) is 0.778. The highest BCUT2D eigenvalue weighted by Gasteiger charge is 2.04. The lowest BCUT2D eigenvalue weighted by atomic mass is 10.1. The lowest BCUT2D eigenvalue weighted by molar-refractivity contribution is 0.215. The summed E-state index contributed by atoms with van der Waals surface area (Å²) in [6.45, 7) is 5.84. The molecule has 2 aromatic carbocycles. The number of hydrogen-bond donors (Lipinski definition) is 1. The Balaban J connectivity index is 1.88. The summed E-state index contributed by atoms with van der Waals surface area (Å²) in [5.41, 5.74) is 3.44. The van der Waals surface area contributed by atoms with E-state index in [2.05, 4.69) is 25.2 Å². The van der Waals surface area contributed by atoms with Crippen molar-refractivity contribution >= 4 is 11.6 Å². The Morgan fingerprint density at radius 3 is 2.32 bits per heavy atom. The average Bonchev–Trinajstić information content (AvgIpc) is 2.45. The Hall–Kier alpha value is -1.71. The van der Waals surface area contributed by atoms with Crippen molar-refractivity contribution in [1.82, 2.24) is 5.32 Å². The van der Waals surface area contributed by atoms with Crippen molar-refractivity contribution < 1.29 is 9.47 Å². The molecule has 0 aliphatic heterocycles. The topological polar surface area (TPSA) is 30.5 Å². The zero-order chi connectivity index (χ0) is 15.9. The highest BCUT2D eigenvalue weighted by Crippen LogP contribution is 2.23. The van der Waals surface area contributed by atoms with E-state index in [-0.39, 0.29) is 0 Å². The van der Waals surface area contributed by atoms with E-state index in [1.807, 2.05) is 37.4 Å². The molecule has 0 heterocycles. The van der Waals surface area contributed by atoms with Gasteiger partial charge in [-0.05, 0) is 62.4 Å². The molecular formula is C18H22ClNO2. The van der Waals surface area contributed by atoms with Crippen LogP contribution < -0.4 is 14.8 Å². The van der Waals surface area contributed by atoms with Gasteiger partial charge in [0.25, 0.3) is 0 Å². The molecule has 0 amide bonds. The van der Waals surface area contributed by atoms with Gasteiger partial charge in [0.2, 0.25) is 0 Å². The molecule has 0 fully saturated rings. The Morgan fingerprint density at radius 2 is 1.64 bits per heavy atom. The first-order valence-electron chi connectivity index (χ1n) is 7.35. The standard InChI is InChI=1S/C18H22ClNO2/c1-13-8-14(2)10-17(9-13)21-6-7-22-18-5-4-16(19)11-15(18)12-20-3/h4-5,8-11,20H,6-7,12H2,1-3H3. The van der Waals surface area contributed by atoms with Crippen LogP contribution in [0.5, 0.6) is 11.5 Å². The number of aryl methyl sites for hydroxylation is 2. The molecule has 1 N–H and O–H groups in total. The van der Waals surface area contributed by atoms with Gasteiger partial charge in [-0.1, -0.05) is 17.7 Å². The Bertz CT molecular complexity index is 608. The molecule has 0 unspecified atom stereocenters. The molecule has 0 spiro atoms. The van der Waals surface area contributed by atoms with Crippen molar-refractivity contribution in [2.45, 2.75) is 20.4 Å². The number of benzene rings is 2. The van der Waals surface area contributed by atoms with E-state index in [0.717, 1.165) is 17.1 Å². The first-order chi connectivity index (χ1) is 10.6. The van der Waals surface area contributed by atoms with Crippen LogP contribution in [-0.4, -0.2) is 20.3 Å². The Labute approximate surface area is 137 Å². The van der Waals surface area contributed by atoms with Crippen molar-refractivity contribution in [2.24, 2.45) is 0 Å². The molecular weight excluding hydrogens is 298 g/mol. The molecule has 0 saturated heterocycles. The molecule has 0 saturated carbocycles. The van der Waals surface area contributed by atoms with Crippen LogP contribution in [0.3, 0.4) is 0 Å². The fraction of sp³-hybridized carbons (Fsp3) is 0.333. The van der Waals surface area contributed by atoms with Gasteiger partial charge < -0.3 is 14.8 Å². The SMILES string of the molecule is CNCc1cc(Cl)ccc1OCCOc1cc(C)cc(C)c1. The van der Waals surface area contributed by atoms with Gasteiger partial charge in [0, 0.05) is 17.1 Å². The van der Waals surface area contributed by atoms with Crippen LogP contribution in [0.1, 0.15) is 16.7 Å². The highest BCUT2D eigenvalue weighted by atomic mass is 35.5. The number of nitrogens with one attached hydrogen (secondary N) is 1. The number of rotatable bonds is 7. The van der Waals surface area contributed by atoms with Crippen LogP contribution in [0.2, 0.25) is 5.02 Å². The van der Waals surface area contributed by atoms with E-state index >= 15 is 0 Å².